The highest BCUT2D eigenvalue weighted by Gasteiger charge is 2.37. The number of carbonyl (C=O) groups is 1. The third kappa shape index (κ3) is 2.72. The second-order valence-corrected chi connectivity index (χ2v) is 5.63. The molecule has 4 rings (SSSR count). The van der Waals surface area contributed by atoms with E-state index >= 15 is 0 Å². The highest BCUT2D eigenvalue weighted by molar-refractivity contribution is 5.95. The molecule has 1 amide bonds. The summed E-state index contributed by atoms with van der Waals surface area (Å²) in [7, 11) is 0. The van der Waals surface area contributed by atoms with Crippen LogP contribution >= 0.6 is 0 Å². The third-order valence-corrected chi connectivity index (χ3v) is 3.72. The number of anilines is 1. The molecule has 3 heterocycles. The summed E-state index contributed by atoms with van der Waals surface area (Å²) in [5.41, 5.74) is 0.969. The van der Waals surface area contributed by atoms with Crippen LogP contribution in [-0.2, 0) is 11.0 Å². The molecule has 3 aromatic heterocycles. The van der Waals surface area contributed by atoms with Crippen LogP contribution in [0.4, 0.5) is 19.0 Å². The maximum absolute atomic E-state index is 12.5. The maximum Gasteiger partial charge on any atom is 0.468 e. The zero-order chi connectivity index (χ0) is 16.9. The number of aromatic amines is 1. The molecule has 0 bridgehead atoms. The van der Waals surface area contributed by atoms with Crippen molar-refractivity contribution in [3.05, 3.63) is 30.4 Å². The van der Waals surface area contributed by atoms with E-state index in [0.717, 1.165) is 19.0 Å². The topological polar surface area (TPSA) is 83.8 Å². The zero-order valence-corrected chi connectivity index (χ0v) is 12.1. The van der Waals surface area contributed by atoms with E-state index in [1.807, 2.05) is 0 Å². The lowest BCUT2D eigenvalue weighted by molar-refractivity contribution is -0.156. The second kappa shape index (κ2) is 5.08. The molecule has 0 saturated heterocycles. The van der Waals surface area contributed by atoms with Crippen molar-refractivity contribution >= 4 is 22.6 Å². The molecule has 24 heavy (non-hydrogen) atoms. The Morgan fingerprint density at radius 1 is 1.25 bits per heavy atom. The van der Waals surface area contributed by atoms with Gasteiger partial charge in [-0.15, -0.1) is 0 Å². The Hall–Kier alpha value is -2.84. The highest BCUT2D eigenvalue weighted by atomic mass is 19.4. The smallest absolute Gasteiger partial charge is 0.431 e. The van der Waals surface area contributed by atoms with E-state index in [4.69, 9.17) is 4.42 Å². The van der Waals surface area contributed by atoms with Crippen molar-refractivity contribution in [3.63, 3.8) is 0 Å². The molecule has 2 N–H and O–H groups in total. The van der Waals surface area contributed by atoms with Gasteiger partial charge in [0.1, 0.15) is 5.82 Å². The summed E-state index contributed by atoms with van der Waals surface area (Å²) in [4.78, 5) is 22.0. The molecule has 1 aliphatic rings. The van der Waals surface area contributed by atoms with Crippen molar-refractivity contribution in [1.82, 2.24) is 15.0 Å². The van der Waals surface area contributed by atoms with Crippen LogP contribution in [0, 0.1) is 5.92 Å². The number of H-pyrrole nitrogens is 1. The van der Waals surface area contributed by atoms with Gasteiger partial charge in [-0.25, -0.2) is 9.97 Å². The van der Waals surface area contributed by atoms with E-state index in [-0.39, 0.29) is 17.6 Å². The van der Waals surface area contributed by atoms with Crippen LogP contribution in [0.5, 0.6) is 0 Å². The summed E-state index contributed by atoms with van der Waals surface area (Å²) in [6, 6.07) is 3.23. The van der Waals surface area contributed by atoms with Gasteiger partial charge < -0.3 is 14.7 Å². The number of aromatic nitrogens is 3. The Bertz CT molecular complexity index is 924. The predicted molar refractivity (Wildman–Crippen MR) is 77.9 cm³/mol. The van der Waals surface area contributed by atoms with Gasteiger partial charge in [-0.05, 0) is 18.9 Å². The first-order chi connectivity index (χ1) is 11.4. The molecule has 1 fully saturated rings. The van der Waals surface area contributed by atoms with Crippen molar-refractivity contribution in [2.75, 3.05) is 5.32 Å². The molecular weight excluding hydrogens is 325 g/mol. The Kier molecular flexibility index (Phi) is 3.12. The fourth-order valence-electron chi connectivity index (χ4n) is 2.33. The lowest BCUT2D eigenvalue weighted by Gasteiger charge is -2.02. The number of rotatable bonds is 3. The fourth-order valence-corrected chi connectivity index (χ4v) is 2.33. The van der Waals surface area contributed by atoms with Gasteiger partial charge in [0.15, 0.2) is 5.76 Å². The first-order valence-corrected chi connectivity index (χ1v) is 7.23. The Balaban J connectivity index is 1.63. The molecule has 0 atom stereocenters. The summed E-state index contributed by atoms with van der Waals surface area (Å²) in [5, 5.41) is 3.39. The first-order valence-electron chi connectivity index (χ1n) is 7.23. The Labute approximate surface area is 133 Å². The molecule has 1 saturated carbocycles. The largest absolute Gasteiger partial charge is 0.468 e. The van der Waals surface area contributed by atoms with Crippen molar-refractivity contribution in [1.29, 1.82) is 0 Å². The average Bonchev–Trinajstić information content (AvgIpc) is 3.09. The summed E-state index contributed by atoms with van der Waals surface area (Å²) in [6.45, 7) is 0. The summed E-state index contributed by atoms with van der Waals surface area (Å²) in [5.74, 6) is -0.953. The number of hydrogen-bond donors (Lipinski definition) is 2. The minimum absolute atomic E-state index is 0.0258. The van der Waals surface area contributed by atoms with E-state index < -0.39 is 12.1 Å². The molecule has 0 radical (unpaired) electrons. The number of oxazole rings is 1. The molecule has 1 aliphatic carbocycles. The summed E-state index contributed by atoms with van der Waals surface area (Å²) >= 11 is 0. The Morgan fingerprint density at radius 3 is 2.71 bits per heavy atom. The number of amides is 1. The van der Waals surface area contributed by atoms with E-state index in [1.54, 1.807) is 12.1 Å². The number of halogens is 3. The molecule has 0 aliphatic heterocycles. The predicted octanol–water partition coefficient (Wildman–Crippen LogP) is 3.59. The van der Waals surface area contributed by atoms with Crippen LogP contribution < -0.4 is 5.32 Å². The number of pyridine rings is 1. The zero-order valence-electron chi connectivity index (χ0n) is 12.1. The van der Waals surface area contributed by atoms with Crippen molar-refractivity contribution < 1.29 is 22.4 Å². The maximum atomic E-state index is 12.5. The molecule has 0 aromatic carbocycles. The SMILES string of the molecule is O=C(Nc1cc2[nH]c(-c3cnc(C(F)(F)F)o3)cc2cn1)C1CC1. The molecule has 124 valence electrons. The molecule has 0 unspecified atom stereocenters. The quantitative estimate of drug-likeness (QED) is 0.766. The van der Waals surface area contributed by atoms with Crippen LogP contribution in [0.2, 0.25) is 0 Å². The fraction of sp³-hybridized carbons (Fsp3) is 0.267. The highest BCUT2D eigenvalue weighted by Crippen LogP contribution is 2.33. The van der Waals surface area contributed by atoms with Crippen molar-refractivity contribution in [2.45, 2.75) is 19.0 Å². The van der Waals surface area contributed by atoms with Gasteiger partial charge in [0, 0.05) is 23.6 Å². The minimum Gasteiger partial charge on any atom is -0.431 e. The van der Waals surface area contributed by atoms with E-state index in [1.165, 1.54) is 6.20 Å². The van der Waals surface area contributed by atoms with Gasteiger partial charge >= 0.3 is 12.1 Å². The molecule has 0 spiro atoms. The normalized spacial score (nSPS) is 15.0. The monoisotopic (exact) mass is 336 g/mol. The number of carbonyl (C=O) groups excluding carboxylic acids is 1. The molecule has 6 nitrogen and oxygen atoms in total. The second-order valence-electron chi connectivity index (χ2n) is 5.63. The Morgan fingerprint density at radius 2 is 2.04 bits per heavy atom. The van der Waals surface area contributed by atoms with E-state index in [0.29, 0.717) is 22.4 Å². The van der Waals surface area contributed by atoms with Crippen LogP contribution in [0.3, 0.4) is 0 Å². The van der Waals surface area contributed by atoms with Gasteiger partial charge in [-0.3, -0.25) is 4.79 Å². The number of fused-ring (bicyclic) bond motifs is 1. The van der Waals surface area contributed by atoms with Crippen LogP contribution in [0.1, 0.15) is 18.7 Å². The summed E-state index contributed by atoms with van der Waals surface area (Å²) < 4.78 is 42.4. The lowest BCUT2D eigenvalue weighted by Crippen LogP contribution is -2.14. The third-order valence-electron chi connectivity index (χ3n) is 3.72. The van der Waals surface area contributed by atoms with Gasteiger partial charge in [0.05, 0.1) is 17.4 Å². The van der Waals surface area contributed by atoms with Gasteiger partial charge in [0.2, 0.25) is 5.91 Å². The minimum atomic E-state index is -4.63. The molecular formula is C15H11F3N4O2. The van der Waals surface area contributed by atoms with Crippen LogP contribution in [0.15, 0.2) is 28.9 Å². The number of nitrogens with one attached hydrogen (secondary N) is 2. The van der Waals surface area contributed by atoms with Gasteiger partial charge in [-0.2, -0.15) is 13.2 Å². The lowest BCUT2D eigenvalue weighted by atomic mass is 10.3. The van der Waals surface area contributed by atoms with Crippen molar-refractivity contribution in [2.24, 2.45) is 5.92 Å². The van der Waals surface area contributed by atoms with E-state index in [9.17, 15) is 18.0 Å². The van der Waals surface area contributed by atoms with E-state index in [2.05, 4.69) is 20.3 Å². The first kappa shape index (κ1) is 14.7. The van der Waals surface area contributed by atoms with Crippen molar-refractivity contribution in [3.8, 4) is 11.5 Å². The van der Waals surface area contributed by atoms with Crippen LogP contribution in [0.25, 0.3) is 22.4 Å². The van der Waals surface area contributed by atoms with Gasteiger partial charge in [0.25, 0.3) is 0 Å². The molecule has 9 heteroatoms. The average molecular weight is 336 g/mol. The summed E-state index contributed by atoms with van der Waals surface area (Å²) in [6.07, 6.45) is -0.330. The van der Waals surface area contributed by atoms with Gasteiger partial charge in [-0.1, -0.05) is 0 Å². The molecule has 3 aromatic rings. The standard InChI is InChI=1S/C15H11F3N4O2/c16-15(17,18)14-20-6-11(24-14)10-3-8-5-19-12(4-9(8)21-10)22-13(23)7-1-2-7/h3-7,21H,1-2H2,(H,19,22,23). The number of nitrogens with zero attached hydrogens (tertiary/aromatic N) is 2. The number of alkyl halides is 3. The number of hydrogen-bond acceptors (Lipinski definition) is 4. The van der Waals surface area contributed by atoms with Crippen LogP contribution in [-0.4, -0.2) is 20.9 Å².